The van der Waals surface area contributed by atoms with Gasteiger partial charge in [-0.05, 0) is 43.4 Å². The van der Waals surface area contributed by atoms with Gasteiger partial charge in [0.2, 0.25) is 5.91 Å². The first-order chi connectivity index (χ1) is 9.54. The van der Waals surface area contributed by atoms with E-state index >= 15 is 0 Å². The van der Waals surface area contributed by atoms with Crippen LogP contribution in [0, 0.1) is 12.8 Å². The van der Waals surface area contributed by atoms with Gasteiger partial charge in [0.15, 0.2) is 0 Å². The maximum absolute atomic E-state index is 12.0. The number of hydrogen-bond donors (Lipinski definition) is 2. The van der Waals surface area contributed by atoms with Crippen LogP contribution in [0.15, 0.2) is 18.2 Å². The first-order valence-corrected chi connectivity index (χ1v) is 7.63. The van der Waals surface area contributed by atoms with E-state index in [1.807, 2.05) is 19.1 Å². The normalized spacial score (nSPS) is 10.8. The molecule has 20 heavy (non-hydrogen) atoms. The fraction of sp³-hybridized carbons (Fsp3) is 0.588. The van der Waals surface area contributed by atoms with E-state index in [0.717, 1.165) is 37.2 Å². The number of carbonyl (C=O) groups excluding carboxylic acids is 1. The summed E-state index contributed by atoms with van der Waals surface area (Å²) < 4.78 is 0. The number of amides is 1. The van der Waals surface area contributed by atoms with E-state index < -0.39 is 0 Å². The minimum atomic E-state index is 0.0889. The fourth-order valence-corrected chi connectivity index (χ4v) is 2.12. The molecule has 112 valence electrons. The SMILES string of the molecule is CCc1cccc(C)c1NC(=O)CCNCCC(C)C. The van der Waals surface area contributed by atoms with E-state index in [1.54, 1.807) is 0 Å². The lowest BCUT2D eigenvalue weighted by Gasteiger charge is -2.13. The summed E-state index contributed by atoms with van der Waals surface area (Å²) in [5.41, 5.74) is 3.32. The van der Waals surface area contributed by atoms with Crippen molar-refractivity contribution in [3.63, 3.8) is 0 Å². The van der Waals surface area contributed by atoms with Gasteiger partial charge in [-0.3, -0.25) is 4.79 Å². The topological polar surface area (TPSA) is 41.1 Å². The summed E-state index contributed by atoms with van der Waals surface area (Å²) >= 11 is 0. The zero-order valence-corrected chi connectivity index (χ0v) is 13.3. The monoisotopic (exact) mass is 276 g/mol. The smallest absolute Gasteiger partial charge is 0.225 e. The number of benzene rings is 1. The highest BCUT2D eigenvalue weighted by atomic mass is 16.1. The van der Waals surface area contributed by atoms with Crippen molar-refractivity contribution in [3.05, 3.63) is 29.3 Å². The van der Waals surface area contributed by atoms with Crippen LogP contribution in [0.25, 0.3) is 0 Å². The van der Waals surface area contributed by atoms with E-state index in [-0.39, 0.29) is 5.91 Å². The van der Waals surface area contributed by atoms with Crippen molar-refractivity contribution in [2.24, 2.45) is 5.92 Å². The van der Waals surface area contributed by atoms with Crippen LogP contribution in [0.4, 0.5) is 5.69 Å². The second-order valence-electron chi connectivity index (χ2n) is 5.69. The Balaban J connectivity index is 2.39. The molecule has 1 amide bonds. The maximum atomic E-state index is 12.0. The highest BCUT2D eigenvalue weighted by molar-refractivity contribution is 5.92. The molecule has 1 aromatic carbocycles. The maximum Gasteiger partial charge on any atom is 0.225 e. The van der Waals surface area contributed by atoms with Gasteiger partial charge in [-0.25, -0.2) is 0 Å². The van der Waals surface area contributed by atoms with Gasteiger partial charge in [0.25, 0.3) is 0 Å². The van der Waals surface area contributed by atoms with Crippen molar-refractivity contribution < 1.29 is 4.79 Å². The molecular weight excluding hydrogens is 248 g/mol. The predicted octanol–water partition coefficient (Wildman–Crippen LogP) is 3.52. The van der Waals surface area contributed by atoms with Crippen LogP contribution in [-0.4, -0.2) is 19.0 Å². The van der Waals surface area contributed by atoms with Crippen LogP contribution in [0.2, 0.25) is 0 Å². The minimum Gasteiger partial charge on any atom is -0.326 e. The molecule has 0 bridgehead atoms. The van der Waals surface area contributed by atoms with Gasteiger partial charge in [0.1, 0.15) is 0 Å². The quantitative estimate of drug-likeness (QED) is 0.713. The van der Waals surface area contributed by atoms with Gasteiger partial charge in [-0.1, -0.05) is 39.0 Å². The molecule has 0 radical (unpaired) electrons. The molecule has 0 fully saturated rings. The van der Waals surface area contributed by atoms with Gasteiger partial charge in [-0.2, -0.15) is 0 Å². The molecule has 3 nitrogen and oxygen atoms in total. The Hall–Kier alpha value is -1.35. The van der Waals surface area contributed by atoms with Crippen LogP contribution in [0.3, 0.4) is 0 Å². The number of anilines is 1. The highest BCUT2D eigenvalue weighted by Gasteiger charge is 2.08. The van der Waals surface area contributed by atoms with Crippen LogP contribution in [0.5, 0.6) is 0 Å². The fourth-order valence-electron chi connectivity index (χ4n) is 2.12. The van der Waals surface area contributed by atoms with Gasteiger partial charge in [0, 0.05) is 18.7 Å². The molecule has 0 spiro atoms. The molecule has 2 N–H and O–H groups in total. The molecule has 0 saturated heterocycles. The molecule has 0 aliphatic rings. The molecular formula is C17H28N2O. The van der Waals surface area contributed by atoms with Crippen molar-refractivity contribution in [2.75, 3.05) is 18.4 Å². The molecule has 3 heteroatoms. The van der Waals surface area contributed by atoms with Gasteiger partial charge in [0.05, 0.1) is 0 Å². The van der Waals surface area contributed by atoms with E-state index in [2.05, 4.69) is 37.5 Å². The van der Waals surface area contributed by atoms with Crippen molar-refractivity contribution >= 4 is 11.6 Å². The van der Waals surface area contributed by atoms with Crippen LogP contribution in [-0.2, 0) is 11.2 Å². The Bertz CT molecular complexity index is 427. The van der Waals surface area contributed by atoms with Gasteiger partial charge in [-0.15, -0.1) is 0 Å². The summed E-state index contributed by atoms with van der Waals surface area (Å²) in [6.45, 7) is 10.3. The summed E-state index contributed by atoms with van der Waals surface area (Å²) in [5, 5.41) is 6.37. The van der Waals surface area contributed by atoms with Crippen LogP contribution >= 0.6 is 0 Å². The summed E-state index contributed by atoms with van der Waals surface area (Å²) in [5.74, 6) is 0.793. The van der Waals surface area contributed by atoms with E-state index in [4.69, 9.17) is 0 Å². The molecule has 0 aliphatic heterocycles. The average Bonchev–Trinajstić information content (AvgIpc) is 2.40. The van der Waals surface area contributed by atoms with E-state index in [1.165, 1.54) is 5.56 Å². The number of nitrogens with one attached hydrogen (secondary N) is 2. The number of rotatable bonds is 8. The molecule has 0 heterocycles. The predicted molar refractivity (Wildman–Crippen MR) is 86.1 cm³/mol. The van der Waals surface area contributed by atoms with Gasteiger partial charge >= 0.3 is 0 Å². The second kappa shape index (κ2) is 8.75. The molecule has 1 rings (SSSR count). The molecule has 0 unspecified atom stereocenters. The molecule has 0 aliphatic carbocycles. The lowest BCUT2D eigenvalue weighted by molar-refractivity contribution is -0.116. The Labute approximate surface area is 123 Å². The average molecular weight is 276 g/mol. The van der Waals surface area contributed by atoms with E-state index in [9.17, 15) is 4.79 Å². The Morgan fingerprint density at radius 2 is 2.00 bits per heavy atom. The molecule has 0 atom stereocenters. The number of para-hydroxylation sites is 1. The summed E-state index contributed by atoms with van der Waals surface area (Å²) in [6, 6.07) is 6.15. The lowest BCUT2D eigenvalue weighted by atomic mass is 10.1. The minimum absolute atomic E-state index is 0.0889. The largest absolute Gasteiger partial charge is 0.326 e. The zero-order chi connectivity index (χ0) is 15.0. The first-order valence-electron chi connectivity index (χ1n) is 7.63. The number of carbonyl (C=O) groups is 1. The van der Waals surface area contributed by atoms with Crippen molar-refractivity contribution in [3.8, 4) is 0 Å². The number of aryl methyl sites for hydroxylation is 2. The van der Waals surface area contributed by atoms with Gasteiger partial charge < -0.3 is 10.6 Å². The Morgan fingerprint density at radius 3 is 2.65 bits per heavy atom. The molecule has 0 saturated carbocycles. The summed E-state index contributed by atoms with van der Waals surface area (Å²) in [7, 11) is 0. The third-order valence-electron chi connectivity index (χ3n) is 3.43. The van der Waals surface area contributed by atoms with E-state index in [0.29, 0.717) is 12.3 Å². The highest BCUT2D eigenvalue weighted by Crippen LogP contribution is 2.21. The standard InChI is InChI=1S/C17H28N2O/c1-5-15-8-6-7-14(4)17(15)19-16(20)10-12-18-11-9-13(2)3/h6-8,13,18H,5,9-12H2,1-4H3,(H,19,20). The number of hydrogen-bond acceptors (Lipinski definition) is 2. The third-order valence-corrected chi connectivity index (χ3v) is 3.43. The zero-order valence-electron chi connectivity index (χ0n) is 13.3. The van der Waals surface area contributed by atoms with Crippen LogP contribution < -0.4 is 10.6 Å². The lowest BCUT2D eigenvalue weighted by Crippen LogP contribution is -2.23. The van der Waals surface area contributed by atoms with Crippen molar-refractivity contribution in [1.82, 2.24) is 5.32 Å². The Kier molecular flexibility index (Phi) is 7.31. The first kappa shape index (κ1) is 16.7. The van der Waals surface area contributed by atoms with Crippen molar-refractivity contribution in [2.45, 2.75) is 47.0 Å². The second-order valence-corrected chi connectivity index (χ2v) is 5.69. The summed E-state index contributed by atoms with van der Waals surface area (Å²) in [4.78, 5) is 12.0. The molecule has 0 aromatic heterocycles. The molecule has 1 aromatic rings. The van der Waals surface area contributed by atoms with Crippen molar-refractivity contribution in [1.29, 1.82) is 0 Å². The summed E-state index contributed by atoms with van der Waals surface area (Å²) in [6.07, 6.45) is 2.61. The Morgan fingerprint density at radius 1 is 1.25 bits per heavy atom. The third kappa shape index (κ3) is 5.74. The van der Waals surface area contributed by atoms with Crippen LogP contribution in [0.1, 0.15) is 44.7 Å².